The van der Waals surface area contributed by atoms with Crippen molar-refractivity contribution in [2.24, 2.45) is 4.99 Å². The van der Waals surface area contributed by atoms with Crippen molar-refractivity contribution < 1.29 is 4.74 Å². The van der Waals surface area contributed by atoms with Gasteiger partial charge in [-0.1, -0.05) is 24.3 Å². The molecule has 2 aliphatic rings. The Balaban J connectivity index is 1.39. The third-order valence-corrected chi connectivity index (χ3v) is 5.76. The van der Waals surface area contributed by atoms with Gasteiger partial charge >= 0.3 is 0 Å². The summed E-state index contributed by atoms with van der Waals surface area (Å²) in [4.78, 5) is 20.8. The Bertz CT molecular complexity index is 831. The summed E-state index contributed by atoms with van der Waals surface area (Å²) in [6, 6.07) is 10.5. The van der Waals surface area contributed by atoms with Gasteiger partial charge in [0.15, 0.2) is 5.96 Å². The Morgan fingerprint density at radius 3 is 2.39 bits per heavy atom. The standard InChI is InChI=1S/C23H33N7O/c1-2-24-22(29-10-12-30(13-11-29)23-25-8-5-9-26-23)27-18-20-6-3-4-7-21(20)19-28-14-16-31-17-15-28/h3-9H,2,10-19H2,1H3,(H,24,27). The van der Waals surface area contributed by atoms with Crippen molar-refractivity contribution in [3.8, 4) is 0 Å². The van der Waals surface area contributed by atoms with E-state index in [2.05, 4.69) is 61.2 Å². The van der Waals surface area contributed by atoms with Gasteiger partial charge in [0.2, 0.25) is 5.95 Å². The first kappa shape index (κ1) is 21.5. The lowest BCUT2D eigenvalue weighted by Gasteiger charge is -2.36. The monoisotopic (exact) mass is 423 g/mol. The first-order chi connectivity index (χ1) is 15.3. The second-order valence-electron chi connectivity index (χ2n) is 7.85. The van der Waals surface area contributed by atoms with E-state index in [-0.39, 0.29) is 0 Å². The number of guanidine groups is 1. The molecule has 1 N–H and O–H groups in total. The van der Waals surface area contributed by atoms with Crippen LogP contribution in [0.2, 0.25) is 0 Å². The van der Waals surface area contributed by atoms with E-state index >= 15 is 0 Å². The number of aromatic nitrogens is 2. The number of morpholine rings is 1. The number of benzene rings is 1. The maximum Gasteiger partial charge on any atom is 0.225 e. The van der Waals surface area contributed by atoms with E-state index in [0.29, 0.717) is 6.54 Å². The fourth-order valence-corrected chi connectivity index (χ4v) is 4.02. The van der Waals surface area contributed by atoms with Gasteiger partial charge in [0.1, 0.15) is 0 Å². The van der Waals surface area contributed by atoms with Crippen LogP contribution in [-0.2, 0) is 17.8 Å². The second-order valence-corrected chi connectivity index (χ2v) is 7.85. The number of hydrogen-bond acceptors (Lipinski definition) is 6. The van der Waals surface area contributed by atoms with Gasteiger partial charge in [0.25, 0.3) is 0 Å². The zero-order chi connectivity index (χ0) is 21.3. The second kappa shape index (κ2) is 11.1. The lowest BCUT2D eigenvalue weighted by molar-refractivity contribution is 0.0341. The van der Waals surface area contributed by atoms with Crippen LogP contribution in [0.3, 0.4) is 0 Å². The van der Waals surface area contributed by atoms with Crippen molar-refractivity contribution in [3.63, 3.8) is 0 Å². The number of nitrogens with one attached hydrogen (secondary N) is 1. The Morgan fingerprint density at radius 1 is 0.968 bits per heavy atom. The molecule has 8 heteroatoms. The fraction of sp³-hybridized carbons (Fsp3) is 0.522. The van der Waals surface area contributed by atoms with Crippen molar-refractivity contribution in [2.45, 2.75) is 20.0 Å². The molecule has 2 saturated heterocycles. The molecule has 2 aromatic rings. The van der Waals surface area contributed by atoms with E-state index in [4.69, 9.17) is 9.73 Å². The summed E-state index contributed by atoms with van der Waals surface area (Å²) in [5.74, 6) is 1.79. The third-order valence-electron chi connectivity index (χ3n) is 5.76. The van der Waals surface area contributed by atoms with Crippen molar-refractivity contribution in [2.75, 3.05) is 63.9 Å². The van der Waals surface area contributed by atoms with E-state index in [9.17, 15) is 0 Å². The Kier molecular flexibility index (Phi) is 7.68. The van der Waals surface area contributed by atoms with Crippen LogP contribution in [0.4, 0.5) is 5.95 Å². The van der Waals surface area contributed by atoms with E-state index in [1.54, 1.807) is 12.4 Å². The number of ether oxygens (including phenoxy) is 1. The summed E-state index contributed by atoms with van der Waals surface area (Å²) in [5, 5.41) is 3.48. The van der Waals surface area contributed by atoms with E-state index < -0.39 is 0 Å². The number of anilines is 1. The summed E-state index contributed by atoms with van der Waals surface area (Å²) in [5.41, 5.74) is 2.65. The maximum absolute atomic E-state index is 5.49. The molecule has 0 spiro atoms. The van der Waals surface area contributed by atoms with Crippen LogP contribution in [0.5, 0.6) is 0 Å². The normalized spacial score (nSPS) is 18.3. The van der Waals surface area contributed by atoms with Gasteiger partial charge in [0.05, 0.1) is 19.8 Å². The average molecular weight is 424 g/mol. The van der Waals surface area contributed by atoms with Crippen LogP contribution in [0, 0.1) is 0 Å². The molecule has 2 aliphatic heterocycles. The number of aliphatic imine (C=N–C) groups is 1. The van der Waals surface area contributed by atoms with E-state index in [0.717, 1.165) is 77.5 Å². The Labute approximate surface area is 184 Å². The van der Waals surface area contributed by atoms with Crippen molar-refractivity contribution >= 4 is 11.9 Å². The number of piperazine rings is 1. The molecule has 4 rings (SSSR count). The molecule has 0 atom stereocenters. The first-order valence-corrected chi connectivity index (χ1v) is 11.3. The molecule has 31 heavy (non-hydrogen) atoms. The fourth-order valence-electron chi connectivity index (χ4n) is 4.02. The van der Waals surface area contributed by atoms with Crippen LogP contribution < -0.4 is 10.2 Å². The zero-order valence-corrected chi connectivity index (χ0v) is 18.4. The van der Waals surface area contributed by atoms with Gasteiger partial charge in [-0.2, -0.15) is 0 Å². The first-order valence-electron chi connectivity index (χ1n) is 11.3. The summed E-state index contributed by atoms with van der Waals surface area (Å²) in [6.07, 6.45) is 3.60. The van der Waals surface area contributed by atoms with Crippen LogP contribution in [0.1, 0.15) is 18.1 Å². The quantitative estimate of drug-likeness (QED) is 0.559. The van der Waals surface area contributed by atoms with Crippen LogP contribution in [-0.4, -0.2) is 84.8 Å². The minimum Gasteiger partial charge on any atom is -0.379 e. The predicted molar refractivity (Wildman–Crippen MR) is 123 cm³/mol. The van der Waals surface area contributed by atoms with Crippen molar-refractivity contribution in [1.29, 1.82) is 0 Å². The van der Waals surface area contributed by atoms with Crippen LogP contribution in [0.25, 0.3) is 0 Å². The smallest absolute Gasteiger partial charge is 0.225 e. The summed E-state index contributed by atoms with van der Waals surface area (Å²) < 4.78 is 5.49. The number of hydrogen-bond donors (Lipinski definition) is 1. The lowest BCUT2D eigenvalue weighted by atomic mass is 10.1. The molecule has 0 amide bonds. The largest absolute Gasteiger partial charge is 0.379 e. The molecule has 0 unspecified atom stereocenters. The highest BCUT2D eigenvalue weighted by molar-refractivity contribution is 5.80. The van der Waals surface area contributed by atoms with Gasteiger partial charge < -0.3 is 19.9 Å². The molecular formula is C23H33N7O. The highest BCUT2D eigenvalue weighted by Gasteiger charge is 2.21. The SMILES string of the molecule is CCNC(=NCc1ccccc1CN1CCOCC1)N1CCN(c2ncccn2)CC1. The van der Waals surface area contributed by atoms with Crippen molar-refractivity contribution in [1.82, 2.24) is 25.1 Å². The molecule has 8 nitrogen and oxygen atoms in total. The average Bonchev–Trinajstić information content (AvgIpc) is 2.84. The van der Waals surface area contributed by atoms with Crippen molar-refractivity contribution in [3.05, 3.63) is 53.9 Å². The van der Waals surface area contributed by atoms with E-state index in [1.807, 2.05) is 6.07 Å². The van der Waals surface area contributed by atoms with E-state index in [1.165, 1.54) is 11.1 Å². The van der Waals surface area contributed by atoms with Crippen LogP contribution >= 0.6 is 0 Å². The highest BCUT2D eigenvalue weighted by atomic mass is 16.5. The predicted octanol–water partition coefficient (Wildman–Crippen LogP) is 1.60. The molecule has 1 aromatic carbocycles. The maximum atomic E-state index is 5.49. The van der Waals surface area contributed by atoms with Gasteiger partial charge in [-0.3, -0.25) is 4.90 Å². The van der Waals surface area contributed by atoms with Gasteiger partial charge in [-0.25, -0.2) is 15.0 Å². The summed E-state index contributed by atoms with van der Waals surface area (Å²) in [6.45, 7) is 11.8. The molecular weight excluding hydrogens is 390 g/mol. The topological polar surface area (TPSA) is 69.1 Å². The summed E-state index contributed by atoms with van der Waals surface area (Å²) >= 11 is 0. The zero-order valence-electron chi connectivity index (χ0n) is 18.4. The molecule has 0 radical (unpaired) electrons. The third kappa shape index (κ3) is 5.92. The number of rotatable bonds is 6. The molecule has 2 fully saturated rings. The molecule has 166 valence electrons. The molecule has 0 bridgehead atoms. The van der Waals surface area contributed by atoms with Gasteiger partial charge in [-0.05, 0) is 24.1 Å². The lowest BCUT2D eigenvalue weighted by Crippen LogP contribution is -2.53. The van der Waals surface area contributed by atoms with Crippen LogP contribution in [0.15, 0.2) is 47.7 Å². The summed E-state index contributed by atoms with van der Waals surface area (Å²) in [7, 11) is 0. The Morgan fingerprint density at radius 2 is 1.68 bits per heavy atom. The molecule has 3 heterocycles. The minimum absolute atomic E-state index is 0.685. The van der Waals surface area contributed by atoms with Gasteiger partial charge in [-0.15, -0.1) is 0 Å². The Hall–Kier alpha value is -2.71. The molecule has 0 aliphatic carbocycles. The molecule has 1 aromatic heterocycles. The minimum atomic E-state index is 0.685. The number of nitrogens with zero attached hydrogens (tertiary/aromatic N) is 6. The van der Waals surface area contributed by atoms with Gasteiger partial charge in [0, 0.05) is 64.8 Å². The highest BCUT2D eigenvalue weighted by Crippen LogP contribution is 2.15. The molecule has 0 saturated carbocycles.